The minimum absolute atomic E-state index is 0.153. The summed E-state index contributed by atoms with van der Waals surface area (Å²) in [6.45, 7) is 4.11. The van der Waals surface area contributed by atoms with Crippen LogP contribution in [-0.2, 0) is 6.61 Å². The Morgan fingerprint density at radius 3 is 2.84 bits per heavy atom. The van der Waals surface area contributed by atoms with Crippen LogP contribution in [0.4, 0.5) is 0 Å². The van der Waals surface area contributed by atoms with Gasteiger partial charge >= 0.3 is 0 Å². The third-order valence-corrected chi connectivity index (χ3v) is 3.92. The van der Waals surface area contributed by atoms with Crippen LogP contribution in [0.2, 0.25) is 0 Å². The first-order chi connectivity index (χ1) is 12.1. The highest BCUT2D eigenvalue weighted by Crippen LogP contribution is 2.21. The van der Waals surface area contributed by atoms with Gasteiger partial charge in [-0.25, -0.2) is 0 Å². The van der Waals surface area contributed by atoms with E-state index >= 15 is 0 Å². The van der Waals surface area contributed by atoms with Gasteiger partial charge in [0.15, 0.2) is 0 Å². The van der Waals surface area contributed by atoms with Crippen molar-refractivity contribution in [1.82, 2.24) is 10.3 Å². The topological polar surface area (TPSA) is 64.4 Å². The van der Waals surface area contributed by atoms with Gasteiger partial charge in [-0.15, -0.1) is 0 Å². The van der Waals surface area contributed by atoms with Gasteiger partial charge in [0.25, 0.3) is 5.91 Å². The Hall–Kier alpha value is -3.08. The van der Waals surface area contributed by atoms with Crippen molar-refractivity contribution >= 4 is 5.91 Å². The first-order valence-electron chi connectivity index (χ1n) is 8.11. The number of hydrogen-bond acceptors (Lipinski definition) is 4. The number of aromatic nitrogens is 1. The van der Waals surface area contributed by atoms with E-state index in [1.165, 1.54) is 6.26 Å². The molecule has 2 aromatic heterocycles. The Morgan fingerprint density at radius 2 is 2.12 bits per heavy atom. The van der Waals surface area contributed by atoms with Crippen LogP contribution in [0.1, 0.15) is 40.3 Å². The van der Waals surface area contributed by atoms with E-state index in [1.54, 1.807) is 19.2 Å². The molecule has 3 rings (SSSR count). The molecule has 128 valence electrons. The molecule has 2 heterocycles. The highest BCUT2D eigenvalue weighted by atomic mass is 16.5. The van der Waals surface area contributed by atoms with Crippen LogP contribution in [0.3, 0.4) is 0 Å². The summed E-state index contributed by atoms with van der Waals surface area (Å²) in [6.07, 6.45) is 3.26. The molecule has 0 aliphatic rings. The van der Waals surface area contributed by atoms with Crippen LogP contribution >= 0.6 is 0 Å². The first-order valence-corrected chi connectivity index (χ1v) is 8.11. The number of hydrogen-bond donors (Lipinski definition) is 1. The molecule has 0 saturated carbocycles. The molecule has 0 bridgehead atoms. The Kier molecular flexibility index (Phi) is 5.14. The summed E-state index contributed by atoms with van der Waals surface area (Å²) in [6, 6.07) is 14.9. The zero-order valence-corrected chi connectivity index (χ0v) is 14.2. The van der Waals surface area contributed by atoms with Gasteiger partial charge in [-0.05, 0) is 49.7 Å². The number of carbonyl (C=O) groups excluding carboxylic acids is 1. The largest absolute Gasteiger partial charge is 0.487 e. The lowest BCUT2D eigenvalue weighted by Gasteiger charge is -2.15. The SMILES string of the molecule is Cc1occc1C(=O)N[C@@H](C)c1cccc(OCc2ccccn2)c1. The van der Waals surface area contributed by atoms with E-state index in [1.807, 2.05) is 49.4 Å². The molecule has 1 amide bonds. The number of furan rings is 1. The third kappa shape index (κ3) is 4.26. The van der Waals surface area contributed by atoms with Crippen LogP contribution in [0.25, 0.3) is 0 Å². The summed E-state index contributed by atoms with van der Waals surface area (Å²) in [5.41, 5.74) is 2.38. The quantitative estimate of drug-likeness (QED) is 0.737. The van der Waals surface area contributed by atoms with E-state index < -0.39 is 0 Å². The molecule has 1 N–H and O–H groups in total. The van der Waals surface area contributed by atoms with E-state index in [-0.39, 0.29) is 11.9 Å². The summed E-state index contributed by atoms with van der Waals surface area (Å²) < 4.78 is 11.0. The minimum atomic E-state index is -0.154. The number of benzene rings is 1. The maximum absolute atomic E-state index is 12.3. The fourth-order valence-electron chi connectivity index (χ4n) is 2.49. The number of nitrogens with zero attached hydrogens (tertiary/aromatic N) is 1. The molecule has 3 aromatic rings. The number of ether oxygens (including phenoxy) is 1. The lowest BCUT2D eigenvalue weighted by atomic mass is 10.1. The highest BCUT2D eigenvalue weighted by molar-refractivity contribution is 5.95. The number of pyridine rings is 1. The van der Waals surface area contributed by atoms with Gasteiger partial charge in [-0.2, -0.15) is 0 Å². The summed E-state index contributed by atoms with van der Waals surface area (Å²) >= 11 is 0. The summed E-state index contributed by atoms with van der Waals surface area (Å²) in [7, 11) is 0. The van der Waals surface area contributed by atoms with E-state index in [0.717, 1.165) is 17.0 Å². The Bertz CT molecular complexity index is 843. The predicted molar refractivity (Wildman–Crippen MR) is 94.3 cm³/mol. The number of amides is 1. The lowest BCUT2D eigenvalue weighted by molar-refractivity contribution is 0.0938. The van der Waals surface area contributed by atoms with E-state index in [0.29, 0.717) is 17.9 Å². The van der Waals surface area contributed by atoms with Crippen molar-refractivity contribution < 1.29 is 13.9 Å². The van der Waals surface area contributed by atoms with Gasteiger partial charge in [0.05, 0.1) is 23.6 Å². The Balaban J connectivity index is 1.64. The number of carbonyl (C=O) groups is 1. The zero-order chi connectivity index (χ0) is 17.6. The van der Waals surface area contributed by atoms with Crippen molar-refractivity contribution in [2.24, 2.45) is 0 Å². The maximum Gasteiger partial charge on any atom is 0.255 e. The molecule has 5 nitrogen and oxygen atoms in total. The van der Waals surface area contributed by atoms with E-state index in [9.17, 15) is 4.79 Å². The predicted octanol–water partition coefficient (Wildman–Crippen LogP) is 4.05. The molecule has 25 heavy (non-hydrogen) atoms. The van der Waals surface area contributed by atoms with Gasteiger partial charge in [-0.3, -0.25) is 9.78 Å². The standard InChI is InChI=1S/C20H20N2O3/c1-14(22-20(23)19-9-11-24-15(19)2)16-6-5-8-18(12-16)25-13-17-7-3-4-10-21-17/h3-12,14H,13H2,1-2H3,(H,22,23)/t14-/m0/s1. The van der Waals surface area contributed by atoms with E-state index in [2.05, 4.69) is 10.3 Å². The van der Waals surface area contributed by atoms with Crippen LogP contribution in [0, 0.1) is 6.92 Å². The van der Waals surface area contributed by atoms with Crippen molar-refractivity contribution in [3.05, 3.63) is 83.6 Å². The van der Waals surface area contributed by atoms with Gasteiger partial charge < -0.3 is 14.5 Å². The van der Waals surface area contributed by atoms with Gasteiger partial charge in [0.1, 0.15) is 18.1 Å². The van der Waals surface area contributed by atoms with Gasteiger partial charge in [0.2, 0.25) is 0 Å². The molecule has 0 aliphatic carbocycles. The monoisotopic (exact) mass is 336 g/mol. The third-order valence-electron chi connectivity index (χ3n) is 3.92. The van der Waals surface area contributed by atoms with Crippen molar-refractivity contribution in [2.45, 2.75) is 26.5 Å². The normalized spacial score (nSPS) is 11.8. The lowest BCUT2D eigenvalue weighted by Crippen LogP contribution is -2.26. The van der Waals surface area contributed by atoms with Crippen molar-refractivity contribution in [1.29, 1.82) is 0 Å². The summed E-state index contributed by atoms with van der Waals surface area (Å²) in [4.78, 5) is 16.5. The Morgan fingerprint density at radius 1 is 1.24 bits per heavy atom. The van der Waals surface area contributed by atoms with Crippen LogP contribution < -0.4 is 10.1 Å². The second-order valence-electron chi connectivity index (χ2n) is 5.77. The molecule has 0 fully saturated rings. The summed E-state index contributed by atoms with van der Waals surface area (Å²) in [5, 5.41) is 2.97. The molecule has 0 spiro atoms. The average molecular weight is 336 g/mol. The molecule has 0 radical (unpaired) electrons. The minimum Gasteiger partial charge on any atom is -0.487 e. The second kappa shape index (κ2) is 7.66. The van der Waals surface area contributed by atoms with Gasteiger partial charge in [-0.1, -0.05) is 18.2 Å². The second-order valence-corrected chi connectivity index (χ2v) is 5.77. The van der Waals surface area contributed by atoms with E-state index in [4.69, 9.17) is 9.15 Å². The maximum atomic E-state index is 12.3. The van der Waals surface area contributed by atoms with Crippen molar-refractivity contribution in [3.8, 4) is 5.75 Å². The fourth-order valence-corrected chi connectivity index (χ4v) is 2.49. The zero-order valence-electron chi connectivity index (χ0n) is 14.2. The molecule has 1 aromatic carbocycles. The molecule has 0 unspecified atom stereocenters. The van der Waals surface area contributed by atoms with Crippen LogP contribution in [0.15, 0.2) is 65.4 Å². The Labute approximate surface area is 146 Å². The number of rotatable bonds is 6. The molecular formula is C20H20N2O3. The number of aryl methyl sites for hydroxylation is 1. The van der Waals surface area contributed by atoms with Crippen LogP contribution in [-0.4, -0.2) is 10.9 Å². The van der Waals surface area contributed by atoms with Gasteiger partial charge in [0, 0.05) is 6.20 Å². The molecule has 1 atom stereocenters. The summed E-state index contributed by atoms with van der Waals surface area (Å²) in [5.74, 6) is 1.19. The van der Waals surface area contributed by atoms with Crippen molar-refractivity contribution in [3.63, 3.8) is 0 Å². The highest BCUT2D eigenvalue weighted by Gasteiger charge is 2.15. The van der Waals surface area contributed by atoms with Crippen LogP contribution in [0.5, 0.6) is 5.75 Å². The molecule has 5 heteroatoms. The smallest absolute Gasteiger partial charge is 0.255 e. The average Bonchev–Trinajstić information content (AvgIpc) is 3.07. The fraction of sp³-hybridized carbons (Fsp3) is 0.200. The molecular weight excluding hydrogens is 316 g/mol. The molecule has 0 aliphatic heterocycles. The molecule has 0 saturated heterocycles. The number of nitrogens with one attached hydrogen (secondary N) is 1. The first kappa shape index (κ1) is 16.8. The van der Waals surface area contributed by atoms with Crippen molar-refractivity contribution in [2.75, 3.05) is 0 Å².